The van der Waals surface area contributed by atoms with Crippen LogP contribution in [0.15, 0.2) is 24.5 Å². The summed E-state index contributed by atoms with van der Waals surface area (Å²) in [6.45, 7) is 1.62. The number of nitrogens with zero attached hydrogens (tertiary/aromatic N) is 2. The Labute approximate surface area is 126 Å². The van der Waals surface area contributed by atoms with E-state index in [4.69, 9.17) is 4.74 Å². The van der Waals surface area contributed by atoms with Crippen LogP contribution in [0.4, 0.5) is 0 Å². The summed E-state index contributed by atoms with van der Waals surface area (Å²) in [6, 6.07) is 3.75. The van der Waals surface area contributed by atoms with Crippen LogP contribution in [0.1, 0.15) is 44.9 Å². The molecule has 1 aliphatic heterocycles. The molecule has 1 aliphatic carbocycles. The normalized spacial score (nSPS) is 23.2. The molecule has 0 N–H and O–H groups in total. The van der Waals surface area contributed by atoms with Gasteiger partial charge in [0.05, 0.1) is 6.54 Å². The maximum absolute atomic E-state index is 12.4. The summed E-state index contributed by atoms with van der Waals surface area (Å²) in [4.78, 5) is 18.4. The van der Waals surface area contributed by atoms with E-state index in [9.17, 15) is 4.79 Å². The maximum Gasteiger partial charge on any atom is 0.222 e. The van der Waals surface area contributed by atoms with Gasteiger partial charge in [0, 0.05) is 25.4 Å². The average Bonchev–Trinajstić information content (AvgIpc) is 3.01. The molecule has 1 aromatic rings. The molecule has 0 spiro atoms. The zero-order valence-corrected chi connectivity index (χ0v) is 12.5. The summed E-state index contributed by atoms with van der Waals surface area (Å²) in [6.07, 6.45) is 11.4. The first-order valence-corrected chi connectivity index (χ1v) is 8.16. The van der Waals surface area contributed by atoms with Gasteiger partial charge in [0.1, 0.15) is 11.9 Å². The summed E-state index contributed by atoms with van der Waals surface area (Å²) in [7, 11) is 0. The van der Waals surface area contributed by atoms with Crippen molar-refractivity contribution in [3.8, 4) is 5.75 Å². The Kier molecular flexibility index (Phi) is 4.73. The SMILES string of the molecule is O=C(CC1CCCC1)N1CCCC(Oc2ccncc2)C1. The topological polar surface area (TPSA) is 42.4 Å². The fourth-order valence-electron chi connectivity index (χ4n) is 3.46. The highest BCUT2D eigenvalue weighted by Gasteiger charge is 2.27. The Morgan fingerprint density at radius 2 is 1.95 bits per heavy atom. The van der Waals surface area contributed by atoms with Crippen molar-refractivity contribution in [3.63, 3.8) is 0 Å². The molecule has 114 valence electrons. The van der Waals surface area contributed by atoms with Gasteiger partial charge in [-0.2, -0.15) is 0 Å². The Bertz CT molecular complexity index is 457. The van der Waals surface area contributed by atoms with Crippen LogP contribution >= 0.6 is 0 Å². The number of aromatic nitrogens is 1. The van der Waals surface area contributed by atoms with Gasteiger partial charge in [-0.05, 0) is 43.7 Å². The fraction of sp³-hybridized carbons (Fsp3) is 0.647. The molecule has 1 atom stereocenters. The van der Waals surface area contributed by atoms with Gasteiger partial charge in [0.25, 0.3) is 0 Å². The third kappa shape index (κ3) is 3.96. The molecular formula is C17H24N2O2. The lowest BCUT2D eigenvalue weighted by atomic mass is 10.0. The lowest BCUT2D eigenvalue weighted by Crippen LogP contribution is -2.44. The van der Waals surface area contributed by atoms with Crippen LogP contribution < -0.4 is 4.74 Å². The molecule has 1 saturated carbocycles. The molecule has 1 aromatic heterocycles. The van der Waals surface area contributed by atoms with Crippen LogP contribution in [0.3, 0.4) is 0 Å². The van der Waals surface area contributed by atoms with Crippen LogP contribution in [0.25, 0.3) is 0 Å². The van der Waals surface area contributed by atoms with E-state index in [2.05, 4.69) is 4.98 Å². The van der Waals surface area contributed by atoms with Crippen LogP contribution in [0.5, 0.6) is 5.75 Å². The van der Waals surface area contributed by atoms with Gasteiger partial charge in [-0.15, -0.1) is 0 Å². The van der Waals surface area contributed by atoms with Crippen molar-refractivity contribution >= 4 is 5.91 Å². The summed E-state index contributed by atoms with van der Waals surface area (Å²) < 4.78 is 5.97. The van der Waals surface area contributed by atoms with Crippen LogP contribution in [-0.4, -0.2) is 35.0 Å². The number of ether oxygens (including phenoxy) is 1. The quantitative estimate of drug-likeness (QED) is 0.855. The van der Waals surface area contributed by atoms with Gasteiger partial charge in [0.15, 0.2) is 0 Å². The molecule has 4 nitrogen and oxygen atoms in total. The van der Waals surface area contributed by atoms with E-state index in [1.54, 1.807) is 12.4 Å². The highest BCUT2D eigenvalue weighted by molar-refractivity contribution is 5.76. The average molecular weight is 288 g/mol. The van der Waals surface area contributed by atoms with E-state index in [0.29, 0.717) is 11.8 Å². The highest BCUT2D eigenvalue weighted by atomic mass is 16.5. The Balaban J connectivity index is 1.51. The van der Waals surface area contributed by atoms with E-state index < -0.39 is 0 Å². The van der Waals surface area contributed by atoms with Gasteiger partial charge in [-0.3, -0.25) is 9.78 Å². The third-order valence-corrected chi connectivity index (χ3v) is 4.62. The molecule has 0 radical (unpaired) electrons. The predicted octanol–water partition coefficient (Wildman–Crippen LogP) is 3.03. The summed E-state index contributed by atoms with van der Waals surface area (Å²) in [5, 5.41) is 0. The largest absolute Gasteiger partial charge is 0.488 e. The van der Waals surface area contributed by atoms with Crippen LogP contribution in [0, 0.1) is 5.92 Å². The Hall–Kier alpha value is -1.58. The second kappa shape index (κ2) is 6.92. The van der Waals surface area contributed by atoms with Crippen molar-refractivity contribution in [2.45, 2.75) is 51.0 Å². The molecule has 1 saturated heterocycles. The van der Waals surface area contributed by atoms with E-state index in [0.717, 1.165) is 38.1 Å². The number of carbonyl (C=O) groups is 1. The third-order valence-electron chi connectivity index (χ3n) is 4.62. The fourth-order valence-corrected chi connectivity index (χ4v) is 3.46. The number of rotatable bonds is 4. The van der Waals surface area contributed by atoms with Crippen molar-refractivity contribution in [1.29, 1.82) is 0 Å². The first-order chi connectivity index (χ1) is 10.3. The van der Waals surface area contributed by atoms with Gasteiger partial charge in [-0.25, -0.2) is 0 Å². The molecule has 4 heteroatoms. The molecule has 2 aliphatic rings. The van der Waals surface area contributed by atoms with Crippen molar-refractivity contribution < 1.29 is 9.53 Å². The number of pyridine rings is 1. The van der Waals surface area contributed by atoms with Crippen LogP contribution in [0.2, 0.25) is 0 Å². The summed E-state index contributed by atoms with van der Waals surface area (Å²) >= 11 is 0. The molecule has 2 heterocycles. The lowest BCUT2D eigenvalue weighted by Gasteiger charge is -2.33. The van der Waals surface area contributed by atoms with Gasteiger partial charge in [-0.1, -0.05) is 12.8 Å². The van der Waals surface area contributed by atoms with E-state index in [1.165, 1.54) is 25.7 Å². The zero-order valence-electron chi connectivity index (χ0n) is 12.5. The van der Waals surface area contributed by atoms with Crippen molar-refractivity contribution in [3.05, 3.63) is 24.5 Å². The van der Waals surface area contributed by atoms with Crippen molar-refractivity contribution in [1.82, 2.24) is 9.88 Å². The number of amides is 1. The molecule has 1 unspecified atom stereocenters. The minimum Gasteiger partial charge on any atom is -0.488 e. The Morgan fingerprint density at radius 3 is 2.71 bits per heavy atom. The summed E-state index contributed by atoms with van der Waals surface area (Å²) in [5.74, 6) is 1.80. The number of hydrogen-bond acceptors (Lipinski definition) is 3. The number of piperidine rings is 1. The molecule has 1 amide bonds. The monoisotopic (exact) mass is 288 g/mol. The van der Waals surface area contributed by atoms with E-state index in [1.807, 2.05) is 17.0 Å². The lowest BCUT2D eigenvalue weighted by molar-refractivity contribution is -0.134. The molecule has 3 rings (SSSR count). The van der Waals surface area contributed by atoms with E-state index >= 15 is 0 Å². The minimum atomic E-state index is 0.119. The highest BCUT2D eigenvalue weighted by Crippen LogP contribution is 2.28. The van der Waals surface area contributed by atoms with Gasteiger partial charge in [0.2, 0.25) is 5.91 Å². The zero-order chi connectivity index (χ0) is 14.5. The minimum absolute atomic E-state index is 0.119. The molecule has 0 aromatic carbocycles. The molecule has 0 bridgehead atoms. The number of hydrogen-bond donors (Lipinski definition) is 0. The smallest absolute Gasteiger partial charge is 0.222 e. The van der Waals surface area contributed by atoms with Gasteiger partial charge < -0.3 is 9.64 Å². The standard InChI is InChI=1S/C17H24N2O2/c20-17(12-14-4-1-2-5-14)19-11-3-6-16(13-19)21-15-7-9-18-10-8-15/h7-10,14,16H,1-6,11-13H2. The second-order valence-electron chi connectivity index (χ2n) is 6.26. The van der Waals surface area contributed by atoms with Crippen molar-refractivity contribution in [2.75, 3.05) is 13.1 Å². The first-order valence-electron chi connectivity index (χ1n) is 8.16. The molecule has 21 heavy (non-hydrogen) atoms. The number of likely N-dealkylation sites (tertiary alicyclic amines) is 1. The first kappa shape index (κ1) is 14.4. The molecular weight excluding hydrogens is 264 g/mol. The maximum atomic E-state index is 12.4. The molecule has 2 fully saturated rings. The predicted molar refractivity (Wildman–Crippen MR) is 81.0 cm³/mol. The second-order valence-corrected chi connectivity index (χ2v) is 6.26. The Morgan fingerprint density at radius 1 is 1.19 bits per heavy atom. The van der Waals surface area contributed by atoms with Crippen LogP contribution in [-0.2, 0) is 4.79 Å². The van der Waals surface area contributed by atoms with Gasteiger partial charge >= 0.3 is 0 Å². The van der Waals surface area contributed by atoms with Crippen molar-refractivity contribution in [2.24, 2.45) is 5.92 Å². The summed E-state index contributed by atoms with van der Waals surface area (Å²) in [5.41, 5.74) is 0. The number of carbonyl (C=O) groups excluding carboxylic acids is 1. The van der Waals surface area contributed by atoms with E-state index in [-0.39, 0.29) is 6.10 Å².